The molecule has 6 nitrogen and oxygen atoms in total. The van der Waals surface area contributed by atoms with Crippen LogP contribution in [0.5, 0.6) is 0 Å². The quantitative estimate of drug-likeness (QED) is 0.758. The normalized spacial score (nSPS) is 17.2. The van der Waals surface area contributed by atoms with E-state index >= 15 is 0 Å². The molecule has 0 radical (unpaired) electrons. The lowest BCUT2D eigenvalue weighted by Gasteiger charge is -2.16. The molecule has 1 fully saturated rings. The van der Waals surface area contributed by atoms with Gasteiger partial charge in [0.15, 0.2) is 0 Å². The maximum atomic E-state index is 12.5. The highest BCUT2D eigenvalue weighted by Gasteiger charge is 2.35. The Morgan fingerprint density at radius 1 is 1.24 bits per heavy atom. The van der Waals surface area contributed by atoms with E-state index in [0.29, 0.717) is 17.3 Å². The minimum absolute atomic E-state index is 0.0634. The average Bonchev–Trinajstić information content (AvgIpc) is 3.22. The molecule has 1 aliphatic rings. The number of aromatic nitrogens is 2. The van der Waals surface area contributed by atoms with E-state index in [-0.39, 0.29) is 24.2 Å². The van der Waals surface area contributed by atoms with Crippen LogP contribution in [0.25, 0.3) is 10.9 Å². The van der Waals surface area contributed by atoms with Crippen molar-refractivity contribution in [3.63, 3.8) is 0 Å². The van der Waals surface area contributed by atoms with Crippen LogP contribution in [0.2, 0.25) is 5.02 Å². The van der Waals surface area contributed by atoms with Crippen molar-refractivity contribution in [3.05, 3.63) is 53.7 Å². The van der Waals surface area contributed by atoms with Crippen molar-refractivity contribution in [1.82, 2.24) is 10.2 Å². The van der Waals surface area contributed by atoms with Gasteiger partial charge >= 0.3 is 0 Å². The van der Waals surface area contributed by atoms with Crippen molar-refractivity contribution in [2.75, 3.05) is 16.8 Å². The van der Waals surface area contributed by atoms with Gasteiger partial charge in [0.05, 0.1) is 17.6 Å². The first-order valence-electron chi connectivity index (χ1n) is 7.90. The third-order valence-electron chi connectivity index (χ3n) is 4.34. The monoisotopic (exact) mass is 354 g/mol. The van der Waals surface area contributed by atoms with Gasteiger partial charge in [0, 0.05) is 34.7 Å². The van der Waals surface area contributed by atoms with E-state index in [1.807, 2.05) is 18.2 Å². The number of hydrogen-bond acceptors (Lipinski definition) is 3. The fourth-order valence-electron chi connectivity index (χ4n) is 3.01. The van der Waals surface area contributed by atoms with E-state index in [0.717, 1.165) is 16.6 Å². The van der Waals surface area contributed by atoms with Gasteiger partial charge in [0.25, 0.3) is 0 Å². The number of anilines is 2. The van der Waals surface area contributed by atoms with Gasteiger partial charge in [-0.1, -0.05) is 11.6 Å². The Morgan fingerprint density at radius 3 is 2.84 bits per heavy atom. The van der Waals surface area contributed by atoms with Gasteiger partial charge in [0.1, 0.15) is 0 Å². The summed E-state index contributed by atoms with van der Waals surface area (Å²) in [7, 11) is 0. The molecule has 1 aromatic heterocycles. The van der Waals surface area contributed by atoms with E-state index in [4.69, 9.17) is 11.6 Å². The third-order valence-corrected chi connectivity index (χ3v) is 4.60. The first kappa shape index (κ1) is 15.7. The van der Waals surface area contributed by atoms with Gasteiger partial charge in [0.2, 0.25) is 11.8 Å². The van der Waals surface area contributed by atoms with Crippen molar-refractivity contribution >= 4 is 45.7 Å². The number of benzene rings is 2. The zero-order chi connectivity index (χ0) is 17.4. The minimum atomic E-state index is -0.388. The maximum Gasteiger partial charge on any atom is 0.229 e. The Balaban J connectivity index is 1.47. The highest BCUT2D eigenvalue weighted by atomic mass is 35.5. The first-order chi connectivity index (χ1) is 12.1. The van der Waals surface area contributed by atoms with Gasteiger partial charge in [-0.15, -0.1) is 0 Å². The fraction of sp³-hybridized carbons (Fsp3) is 0.167. The Morgan fingerprint density at radius 2 is 2.04 bits per heavy atom. The van der Waals surface area contributed by atoms with Gasteiger partial charge in [-0.3, -0.25) is 14.7 Å². The third kappa shape index (κ3) is 3.08. The SMILES string of the molecule is O=C(Nc1ccc2cn[nH]c2c1)C1CC(=O)N(c2ccc(Cl)cc2)C1. The number of rotatable bonds is 3. The molecule has 4 rings (SSSR count). The number of H-pyrrole nitrogens is 1. The predicted octanol–water partition coefficient (Wildman–Crippen LogP) is 3.21. The number of aromatic amines is 1. The minimum Gasteiger partial charge on any atom is -0.326 e. The van der Waals surface area contributed by atoms with Crippen molar-refractivity contribution in [2.24, 2.45) is 5.92 Å². The van der Waals surface area contributed by atoms with Gasteiger partial charge in [-0.2, -0.15) is 5.10 Å². The van der Waals surface area contributed by atoms with Crippen molar-refractivity contribution in [3.8, 4) is 0 Å². The lowest BCUT2D eigenvalue weighted by Crippen LogP contribution is -2.28. The summed E-state index contributed by atoms with van der Waals surface area (Å²) < 4.78 is 0. The van der Waals surface area contributed by atoms with Crippen LogP contribution in [-0.4, -0.2) is 28.6 Å². The zero-order valence-electron chi connectivity index (χ0n) is 13.2. The lowest BCUT2D eigenvalue weighted by atomic mass is 10.1. The average molecular weight is 355 g/mol. The van der Waals surface area contributed by atoms with Crippen molar-refractivity contribution < 1.29 is 9.59 Å². The first-order valence-corrected chi connectivity index (χ1v) is 8.28. The smallest absolute Gasteiger partial charge is 0.229 e. The molecule has 0 spiro atoms. The number of amides is 2. The highest BCUT2D eigenvalue weighted by Crippen LogP contribution is 2.27. The second-order valence-corrected chi connectivity index (χ2v) is 6.48. The lowest BCUT2D eigenvalue weighted by molar-refractivity contribution is -0.122. The molecule has 7 heteroatoms. The Bertz CT molecular complexity index is 951. The van der Waals surface area contributed by atoms with Gasteiger partial charge in [-0.05, 0) is 42.5 Å². The molecule has 2 amide bonds. The Labute approximate surface area is 148 Å². The van der Waals surface area contributed by atoms with Gasteiger partial charge in [-0.25, -0.2) is 0 Å². The Kier molecular flexibility index (Phi) is 3.89. The molecular formula is C18H15ClN4O2. The van der Waals surface area contributed by atoms with E-state index in [1.165, 1.54) is 0 Å². The van der Waals surface area contributed by atoms with E-state index in [1.54, 1.807) is 35.4 Å². The molecule has 3 aromatic rings. The summed E-state index contributed by atoms with van der Waals surface area (Å²) in [6.07, 6.45) is 1.92. The van der Waals surface area contributed by atoms with E-state index in [2.05, 4.69) is 15.5 Å². The van der Waals surface area contributed by atoms with Crippen LogP contribution in [0.3, 0.4) is 0 Å². The number of carbonyl (C=O) groups is 2. The molecule has 1 aliphatic heterocycles. The summed E-state index contributed by atoms with van der Waals surface area (Å²) in [5.41, 5.74) is 2.28. The summed E-state index contributed by atoms with van der Waals surface area (Å²) in [5, 5.41) is 11.3. The van der Waals surface area contributed by atoms with Crippen LogP contribution in [0, 0.1) is 5.92 Å². The molecule has 1 atom stereocenters. The molecule has 1 saturated heterocycles. The van der Waals surface area contributed by atoms with Crippen LogP contribution in [-0.2, 0) is 9.59 Å². The molecule has 0 aliphatic carbocycles. The topological polar surface area (TPSA) is 78.1 Å². The van der Waals surface area contributed by atoms with Crippen LogP contribution in [0.1, 0.15) is 6.42 Å². The number of nitrogens with zero attached hydrogens (tertiary/aromatic N) is 2. The van der Waals surface area contributed by atoms with E-state index < -0.39 is 0 Å². The van der Waals surface area contributed by atoms with E-state index in [9.17, 15) is 9.59 Å². The second kappa shape index (κ2) is 6.22. The highest BCUT2D eigenvalue weighted by molar-refractivity contribution is 6.30. The van der Waals surface area contributed by atoms with Crippen LogP contribution >= 0.6 is 11.6 Å². The number of halogens is 1. The molecule has 1 unspecified atom stereocenters. The Hall–Kier alpha value is -2.86. The summed E-state index contributed by atoms with van der Waals surface area (Å²) in [6.45, 7) is 0.360. The second-order valence-electron chi connectivity index (χ2n) is 6.04. The molecular weight excluding hydrogens is 340 g/mol. The van der Waals surface area contributed by atoms with Crippen LogP contribution in [0.15, 0.2) is 48.7 Å². The summed E-state index contributed by atoms with van der Waals surface area (Å²) in [5.74, 6) is -0.615. The number of carbonyl (C=O) groups excluding carboxylic acids is 2. The van der Waals surface area contributed by atoms with Crippen molar-refractivity contribution in [2.45, 2.75) is 6.42 Å². The largest absolute Gasteiger partial charge is 0.326 e. The van der Waals surface area contributed by atoms with Crippen LogP contribution < -0.4 is 10.2 Å². The summed E-state index contributed by atoms with van der Waals surface area (Å²) >= 11 is 5.88. The summed E-state index contributed by atoms with van der Waals surface area (Å²) in [6, 6.07) is 12.6. The molecule has 0 saturated carbocycles. The van der Waals surface area contributed by atoms with Gasteiger partial charge < -0.3 is 10.2 Å². The molecule has 2 N–H and O–H groups in total. The maximum absolute atomic E-state index is 12.5. The van der Waals surface area contributed by atoms with Crippen LogP contribution in [0.4, 0.5) is 11.4 Å². The number of hydrogen-bond donors (Lipinski definition) is 2. The molecule has 2 aromatic carbocycles. The number of nitrogens with one attached hydrogen (secondary N) is 2. The predicted molar refractivity (Wildman–Crippen MR) is 96.6 cm³/mol. The zero-order valence-corrected chi connectivity index (χ0v) is 14.0. The fourth-order valence-corrected chi connectivity index (χ4v) is 3.14. The van der Waals surface area contributed by atoms with Crippen molar-refractivity contribution in [1.29, 1.82) is 0 Å². The molecule has 126 valence electrons. The standard InChI is InChI=1S/C18H15ClN4O2/c19-13-2-5-15(6-3-13)23-10-12(7-17(23)24)18(25)21-14-4-1-11-9-20-22-16(11)8-14/h1-6,8-9,12H,7,10H2,(H,20,22)(H,21,25). The number of fused-ring (bicyclic) bond motifs is 1. The molecule has 2 heterocycles. The molecule has 25 heavy (non-hydrogen) atoms. The summed E-state index contributed by atoms with van der Waals surface area (Å²) in [4.78, 5) is 26.4. The molecule has 0 bridgehead atoms.